The van der Waals surface area contributed by atoms with Gasteiger partial charge in [-0.2, -0.15) is 5.10 Å². The maximum Gasteiger partial charge on any atom is 0.0638 e. The van der Waals surface area contributed by atoms with Gasteiger partial charge in [0.15, 0.2) is 0 Å². The summed E-state index contributed by atoms with van der Waals surface area (Å²) in [4.78, 5) is 2.38. The Morgan fingerprint density at radius 3 is 3.00 bits per heavy atom. The van der Waals surface area contributed by atoms with Crippen molar-refractivity contribution in [1.82, 2.24) is 20.0 Å². The van der Waals surface area contributed by atoms with Crippen LogP contribution in [0.2, 0.25) is 0 Å². The van der Waals surface area contributed by atoms with Gasteiger partial charge in [-0.25, -0.2) is 0 Å². The average molecular weight is 222 g/mol. The van der Waals surface area contributed by atoms with Crippen molar-refractivity contribution in [3.63, 3.8) is 0 Å². The Balaban J connectivity index is 1.86. The van der Waals surface area contributed by atoms with Crippen molar-refractivity contribution >= 4 is 0 Å². The predicted molar refractivity (Wildman–Crippen MR) is 65.3 cm³/mol. The van der Waals surface area contributed by atoms with Crippen molar-refractivity contribution in [3.05, 3.63) is 17.5 Å². The maximum atomic E-state index is 4.37. The van der Waals surface area contributed by atoms with Crippen LogP contribution < -0.4 is 5.32 Å². The number of nitrogens with one attached hydrogen (secondary N) is 1. The maximum absolute atomic E-state index is 4.37. The molecule has 0 spiro atoms. The summed E-state index contributed by atoms with van der Waals surface area (Å²) in [6, 6.07) is 0.682. The molecule has 1 aliphatic rings. The molecule has 0 aromatic carbocycles. The first kappa shape index (κ1) is 11.6. The van der Waals surface area contributed by atoms with Gasteiger partial charge in [0, 0.05) is 37.9 Å². The van der Waals surface area contributed by atoms with E-state index in [1.165, 1.54) is 24.9 Å². The van der Waals surface area contributed by atoms with Gasteiger partial charge < -0.3 is 10.2 Å². The summed E-state index contributed by atoms with van der Waals surface area (Å²) in [6.45, 7) is 5.40. The molecular formula is C12H22N4. The molecule has 1 N–H and O–H groups in total. The van der Waals surface area contributed by atoms with E-state index in [1.54, 1.807) is 0 Å². The molecule has 0 aliphatic carbocycles. The van der Waals surface area contributed by atoms with Gasteiger partial charge in [0.2, 0.25) is 0 Å². The van der Waals surface area contributed by atoms with Gasteiger partial charge in [-0.1, -0.05) is 0 Å². The van der Waals surface area contributed by atoms with Crippen molar-refractivity contribution in [2.75, 3.05) is 20.1 Å². The molecule has 0 radical (unpaired) electrons. The third kappa shape index (κ3) is 2.83. The molecular weight excluding hydrogens is 200 g/mol. The lowest BCUT2D eigenvalue weighted by molar-refractivity contribution is 0.292. The van der Waals surface area contributed by atoms with E-state index >= 15 is 0 Å². The molecule has 90 valence electrons. The van der Waals surface area contributed by atoms with Crippen molar-refractivity contribution in [2.45, 2.75) is 32.4 Å². The number of hydrogen-bond donors (Lipinski definition) is 1. The largest absolute Gasteiger partial charge is 0.313 e. The van der Waals surface area contributed by atoms with E-state index in [1.807, 2.05) is 11.7 Å². The molecule has 0 saturated carbocycles. The zero-order valence-corrected chi connectivity index (χ0v) is 10.5. The van der Waals surface area contributed by atoms with E-state index in [-0.39, 0.29) is 0 Å². The summed E-state index contributed by atoms with van der Waals surface area (Å²) in [5, 5.41) is 7.90. The van der Waals surface area contributed by atoms with E-state index in [2.05, 4.69) is 35.5 Å². The third-order valence-electron chi connectivity index (χ3n) is 3.25. The third-order valence-corrected chi connectivity index (χ3v) is 3.25. The SMILES string of the molecule is Cc1nn(C)cc1CN(C)CC1CCCN1. The lowest BCUT2D eigenvalue weighted by atomic mass is 10.2. The van der Waals surface area contributed by atoms with E-state index in [0.717, 1.165) is 18.8 Å². The molecule has 0 amide bonds. The molecule has 2 rings (SSSR count). The summed E-state index contributed by atoms with van der Waals surface area (Å²) in [6.07, 6.45) is 4.76. The Labute approximate surface area is 97.6 Å². The first-order valence-electron chi connectivity index (χ1n) is 6.06. The summed E-state index contributed by atoms with van der Waals surface area (Å²) >= 11 is 0. The molecule has 1 aromatic rings. The lowest BCUT2D eigenvalue weighted by Crippen LogP contribution is -2.35. The van der Waals surface area contributed by atoms with Crippen molar-refractivity contribution < 1.29 is 0 Å². The van der Waals surface area contributed by atoms with Crippen LogP contribution in [0.25, 0.3) is 0 Å². The fourth-order valence-electron chi connectivity index (χ4n) is 2.45. The Hall–Kier alpha value is -0.870. The minimum absolute atomic E-state index is 0.682. The van der Waals surface area contributed by atoms with E-state index < -0.39 is 0 Å². The highest BCUT2D eigenvalue weighted by atomic mass is 15.3. The van der Waals surface area contributed by atoms with Crippen LogP contribution in [-0.4, -0.2) is 40.9 Å². The quantitative estimate of drug-likeness (QED) is 0.822. The van der Waals surface area contributed by atoms with Gasteiger partial charge in [0.05, 0.1) is 5.69 Å². The van der Waals surface area contributed by atoms with Crippen LogP contribution in [0.1, 0.15) is 24.1 Å². The molecule has 1 unspecified atom stereocenters. The first-order chi connectivity index (χ1) is 7.65. The number of aryl methyl sites for hydroxylation is 2. The normalized spacial score (nSPS) is 20.9. The summed E-state index contributed by atoms with van der Waals surface area (Å²) in [5.41, 5.74) is 2.48. The number of hydrogen-bond acceptors (Lipinski definition) is 3. The number of aromatic nitrogens is 2. The second kappa shape index (κ2) is 4.97. The van der Waals surface area contributed by atoms with E-state index in [9.17, 15) is 0 Å². The van der Waals surface area contributed by atoms with Gasteiger partial charge in [0.25, 0.3) is 0 Å². The predicted octanol–water partition coefficient (Wildman–Crippen LogP) is 0.912. The van der Waals surface area contributed by atoms with Crippen molar-refractivity contribution in [2.24, 2.45) is 7.05 Å². The molecule has 1 atom stereocenters. The van der Waals surface area contributed by atoms with E-state index in [4.69, 9.17) is 0 Å². The van der Waals surface area contributed by atoms with Crippen LogP contribution in [0.15, 0.2) is 6.20 Å². The van der Waals surface area contributed by atoms with Gasteiger partial charge >= 0.3 is 0 Å². The highest BCUT2D eigenvalue weighted by Gasteiger charge is 2.16. The molecule has 1 saturated heterocycles. The zero-order valence-electron chi connectivity index (χ0n) is 10.5. The Morgan fingerprint density at radius 2 is 2.44 bits per heavy atom. The van der Waals surface area contributed by atoms with Gasteiger partial charge in [0.1, 0.15) is 0 Å². The highest BCUT2D eigenvalue weighted by molar-refractivity contribution is 5.14. The van der Waals surface area contributed by atoms with Gasteiger partial charge in [-0.15, -0.1) is 0 Å². The summed E-state index contributed by atoms with van der Waals surface area (Å²) in [5.74, 6) is 0. The first-order valence-corrected chi connectivity index (χ1v) is 6.06. The molecule has 2 heterocycles. The zero-order chi connectivity index (χ0) is 11.5. The van der Waals surface area contributed by atoms with Crippen molar-refractivity contribution in [1.29, 1.82) is 0 Å². The lowest BCUT2D eigenvalue weighted by Gasteiger charge is -2.20. The van der Waals surface area contributed by atoms with E-state index in [0.29, 0.717) is 6.04 Å². The smallest absolute Gasteiger partial charge is 0.0638 e. The van der Waals surface area contributed by atoms with Gasteiger partial charge in [-0.3, -0.25) is 4.68 Å². The van der Waals surface area contributed by atoms with Crippen LogP contribution in [0, 0.1) is 6.92 Å². The number of nitrogens with zero attached hydrogens (tertiary/aromatic N) is 3. The molecule has 1 fully saturated rings. The summed E-state index contributed by atoms with van der Waals surface area (Å²) in [7, 11) is 4.17. The standard InChI is InChI=1S/C12H22N4/c1-10-11(8-16(3)14-10)7-15(2)9-12-5-4-6-13-12/h8,12-13H,4-7,9H2,1-3H3. The fraction of sp³-hybridized carbons (Fsp3) is 0.750. The van der Waals surface area contributed by atoms with Crippen LogP contribution in [0.5, 0.6) is 0 Å². The van der Waals surface area contributed by atoms with Crippen LogP contribution in [-0.2, 0) is 13.6 Å². The topological polar surface area (TPSA) is 33.1 Å². The fourth-order valence-corrected chi connectivity index (χ4v) is 2.45. The molecule has 1 aliphatic heterocycles. The Kier molecular flexibility index (Phi) is 3.61. The molecule has 1 aromatic heterocycles. The van der Waals surface area contributed by atoms with Gasteiger partial charge in [-0.05, 0) is 33.4 Å². The minimum Gasteiger partial charge on any atom is -0.313 e. The monoisotopic (exact) mass is 222 g/mol. The Bertz CT molecular complexity index is 339. The second-order valence-corrected chi connectivity index (χ2v) is 4.90. The highest BCUT2D eigenvalue weighted by Crippen LogP contribution is 2.10. The molecule has 4 heteroatoms. The minimum atomic E-state index is 0.682. The summed E-state index contributed by atoms with van der Waals surface area (Å²) < 4.78 is 1.90. The second-order valence-electron chi connectivity index (χ2n) is 4.90. The number of likely N-dealkylation sites (N-methyl/N-ethyl adjacent to an activating group) is 1. The molecule has 0 bridgehead atoms. The van der Waals surface area contributed by atoms with Crippen LogP contribution in [0.3, 0.4) is 0 Å². The van der Waals surface area contributed by atoms with Crippen LogP contribution in [0.4, 0.5) is 0 Å². The average Bonchev–Trinajstić information content (AvgIpc) is 2.78. The number of rotatable bonds is 4. The van der Waals surface area contributed by atoms with Crippen LogP contribution >= 0.6 is 0 Å². The molecule has 16 heavy (non-hydrogen) atoms. The Morgan fingerprint density at radius 1 is 1.62 bits per heavy atom. The van der Waals surface area contributed by atoms with Crippen molar-refractivity contribution in [3.8, 4) is 0 Å². The molecule has 4 nitrogen and oxygen atoms in total.